The van der Waals surface area contributed by atoms with Gasteiger partial charge in [0.1, 0.15) is 11.5 Å². The van der Waals surface area contributed by atoms with Crippen molar-refractivity contribution in [3.8, 4) is 0 Å². The Hall–Kier alpha value is -1.89. The van der Waals surface area contributed by atoms with Crippen LogP contribution in [0.3, 0.4) is 0 Å². The highest BCUT2D eigenvalue weighted by Crippen LogP contribution is 2.37. The molecule has 134 valence electrons. The summed E-state index contributed by atoms with van der Waals surface area (Å²) >= 11 is 19.2. The average Bonchev–Trinajstić information content (AvgIpc) is 2.61. The Kier molecular flexibility index (Phi) is 7.20. The molecule has 0 aromatic heterocycles. The van der Waals surface area contributed by atoms with Crippen LogP contribution in [0.5, 0.6) is 0 Å². The fourth-order valence-electron chi connectivity index (χ4n) is 1.83. The molecule has 0 bridgehead atoms. The summed E-state index contributed by atoms with van der Waals surface area (Å²) in [5.41, 5.74) is 8.08. The summed E-state index contributed by atoms with van der Waals surface area (Å²) in [7, 11) is 1.11. The van der Waals surface area contributed by atoms with E-state index >= 15 is 0 Å². The molecule has 0 radical (unpaired) electrons. The largest absolute Gasteiger partial charge is 0.466 e. The standard InChI is InChI=1S/C16H9Cl3FN3O2S/c1-25-16(24)14(22-23-21)5-8-4-12(19)15(7-13(8)20)26-9-2-3-10(17)11(18)6-9/h2-7H,1H3/b14-5+. The third-order valence-electron chi connectivity index (χ3n) is 3.01. The Morgan fingerprint density at radius 3 is 2.58 bits per heavy atom. The molecule has 0 amide bonds. The van der Waals surface area contributed by atoms with E-state index < -0.39 is 17.5 Å². The molecule has 0 saturated carbocycles. The number of esters is 1. The molecule has 2 aromatic rings. The number of halogens is 4. The van der Waals surface area contributed by atoms with Gasteiger partial charge in [-0.05, 0) is 41.9 Å². The van der Waals surface area contributed by atoms with Crippen LogP contribution in [-0.4, -0.2) is 13.1 Å². The van der Waals surface area contributed by atoms with Crippen molar-refractivity contribution in [2.75, 3.05) is 7.11 Å². The number of nitrogens with zero attached hydrogens (tertiary/aromatic N) is 3. The number of hydrogen-bond donors (Lipinski definition) is 0. The number of methoxy groups -OCH3 is 1. The van der Waals surface area contributed by atoms with Crippen LogP contribution >= 0.6 is 46.6 Å². The van der Waals surface area contributed by atoms with E-state index in [9.17, 15) is 9.18 Å². The van der Waals surface area contributed by atoms with E-state index in [1.165, 1.54) is 23.9 Å². The molecule has 26 heavy (non-hydrogen) atoms. The van der Waals surface area contributed by atoms with Gasteiger partial charge in [-0.15, -0.1) is 0 Å². The van der Waals surface area contributed by atoms with E-state index in [2.05, 4.69) is 14.8 Å². The molecular formula is C16H9Cl3FN3O2S. The minimum Gasteiger partial charge on any atom is -0.466 e. The van der Waals surface area contributed by atoms with Crippen molar-refractivity contribution >= 4 is 58.6 Å². The van der Waals surface area contributed by atoms with Crippen LogP contribution in [0, 0.1) is 5.82 Å². The Labute approximate surface area is 167 Å². The summed E-state index contributed by atoms with van der Waals surface area (Å²) in [4.78, 5) is 15.2. The summed E-state index contributed by atoms with van der Waals surface area (Å²) in [6, 6.07) is 7.49. The molecule has 0 aliphatic heterocycles. The molecule has 0 heterocycles. The lowest BCUT2D eigenvalue weighted by molar-refractivity contribution is -0.136. The number of rotatable bonds is 5. The van der Waals surface area contributed by atoms with Gasteiger partial charge < -0.3 is 4.74 Å². The first-order chi connectivity index (χ1) is 12.3. The molecule has 0 saturated heterocycles. The van der Waals surface area contributed by atoms with Crippen LogP contribution in [0.2, 0.25) is 15.1 Å². The van der Waals surface area contributed by atoms with E-state index in [4.69, 9.17) is 40.3 Å². The van der Waals surface area contributed by atoms with Gasteiger partial charge in [-0.2, -0.15) is 0 Å². The van der Waals surface area contributed by atoms with Crippen molar-refractivity contribution in [1.29, 1.82) is 0 Å². The number of carbonyl (C=O) groups excluding carboxylic acids is 1. The normalized spacial score (nSPS) is 11.0. The van der Waals surface area contributed by atoms with Crippen LogP contribution in [0.15, 0.2) is 50.9 Å². The topological polar surface area (TPSA) is 75.1 Å². The Balaban J connectivity index is 2.39. The molecular weight excluding hydrogens is 424 g/mol. The summed E-state index contributed by atoms with van der Waals surface area (Å²) in [5.74, 6) is -1.56. The first-order valence-electron chi connectivity index (χ1n) is 6.82. The fraction of sp³-hybridized carbons (Fsp3) is 0.0625. The van der Waals surface area contributed by atoms with E-state index in [0.29, 0.717) is 19.8 Å². The first kappa shape index (κ1) is 20.4. The summed E-state index contributed by atoms with van der Waals surface area (Å²) < 4.78 is 18.9. The second-order valence-corrected chi connectivity index (χ2v) is 7.03. The lowest BCUT2D eigenvalue weighted by Gasteiger charge is -2.08. The summed E-state index contributed by atoms with van der Waals surface area (Å²) in [6.07, 6.45) is 1.06. The lowest BCUT2D eigenvalue weighted by atomic mass is 10.2. The first-order valence-corrected chi connectivity index (χ1v) is 8.77. The number of benzene rings is 2. The summed E-state index contributed by atoms with van der Waals surface area (Å²) in [5, 5.41) is 4.20. The fourth-order valence-corrected chi connectivity index (χ4v) is 3.36. The molecule has 0 unspecified atom stereocenters. The zero-order valence-electron chi connectivity index (χ0n) is 13.0. The Morgan fingerprint density at radius 2 is 1.96 bits per heavy atom. The van der Waals surface area contributed by atoms with E-state index in [1.54, 1.807) is 18.2 Å². The van der Waals surface area contributed by atoms with Crippen molar-refractivity contribution in [2.45, 2.75) is 9.79 Å². The van der Waals surface area contributed by atoms with Gasteiger partial charge in [0.05, 0.1) is 22.2 Å². The predicted octanol–water partition coefficient (Wildman–Crippen LogP) is 6.76. The van der Waals surface area contributed by atoms with E-state index in [0.717, 1.165) is 13.2 Å². The molecule has 2 rings (SSSR count). The van der Waals surface area contributed by atoms with Crippen molar-refractivity contribution in [2.24, 2.45) is 5.11 Å². The van der Waals surface area contributed by atoms with E-state index in [-0.39, 0.29) is 10.6 Å². The number of carbonyl (C=O) groups is 1. The molecule has 2 aromatic carbocycles. The van der Waals surface area contributed by atoms with Crippen LogP contribution in [0.1, 0.15) is 5.56 Å². The number of ether oxygens (including phenoxy) is 1. The molecule has 0 fully saturated rings. The monoisotopic (exact) mass is 431 g/mol. The van der Waals surface area contributed by atoms with Gasteiger partial charge in [0.2, 0.25) is 0 Å². The highest BCUT2D eigenvalue weighted by molar-refractivity contribution is 7.99. The Morgan fingerprint density at radius 1 is 1.23 bits per heavy atom. The molecule has 0 aliphatic carbocycles. The van der Waals surface area contributed by atoms with Crippen LogP contribution in [0.4, 0.5) is 4.39 Å². The highest BCUT2D eigenvalue weighted by atomic mass is 35.5. The van der Waals surface area contributed by atoms with Gasteiger partial charge >= 0.3 is 5.97 Å². The maximum atomic E-state index is 14.4. The Bertz CT molecular complexity index is 947. The maximum Gasteiger partial charge on any atom is 0.340 e. The van der Waals surface area contributed by atoms with Gasteiger partial charge in [0, 0.05) is 20.3 Å². The third kappa shape index (κ3) is 5.06. The zero-order valence-corrected chi connectivity index (χ0v) is 16.1. The van der Waals surface area contributed by atoms with Gasteiger partial charge in [-0.3, -0.25) is 0 Å². The molecule has 0 spiro atoms. The minimum atomic E-state index is -0.896. The van der Waals surface area contributed by atoms with Gasteiger partial charge in [-0.25, -0.2) is 9.18 Å². The molecule has 5 nitrogen and oxygen atoms in total. The van der Waals surface area contributed by atoms with Crippen LogP contribution in [0.25, 0.3) is 16.5 Å². The van der Waals surface area contributed by atoms with Crippen molar-refractivity contribution in [3.05, 3.63) is 72.9 Å². The maximum absolute atomic E-state index is 14.4. The second-order valence-electron chi connectivity index (χ2n) is 4.69. The van der Waals surface area contributed by atoms with Gasteiger partial charge in [0.15, 0.2) is 0 Å². The zero-order chi connectivity index (χ0) is 19.3. The van der Waals surface area contributed by atoms with Crippen LogP contribution < -0.4 is 0 Å². The second kappa shape index (κ2) is 9.16. The SMILES string of the molecule is COC(=O)/C(=C\c1cc(Cl)c(Sc2ccc(Cl)c(Cl)c2)cc1F)N=[N+]=[N-]. The van der Waals surface area contributed by atoms with Gasteiger partial charge in [-0.1, -0.05) is 51.7 Å². The van der Waals surface area contributed by atoms with E-state index in [1.807, 2.05) is 0 Å². The number of hydrogen-bond acceptors (Lipinski definition) is 4. The minimum absolute atomic E-state index is 0.0266. The molecule has 0 N–H and O–H groups in total. The third-order valence-corrected chi connectivity index (χ3v) is 5.22. The molecule has 10 heteroatoms. The van der Waals surface area contributed by atoms with Crippen molar-refractivity contribution in [3.63, 3.8) is 0 Å². The smallest absolute Gasteiger partial charge is 0.340 e. The lowest BCUT2D eigenvalue weighted by Crippen LogP contribution is -2.02. The van der Waals surface area contributed by atoms with Crippen LogP contribution in [-0.2, 0) is 9.53 Å². The van der Waals surface area contributed by atoms with Crippen molar-refractivity contribution < 1.29 is 13.9 Å². The number of azide groups is 1. The highest BCUT2D eigenvalue weighted by Gasteiger charge is 2.13. The van der Waals surface area contributed by atoms with Gasteiger partial charge in [0.25, 0.3) is 0 Å². The average molecular weight is 433 g/mol. The van der Waals surface area contributed by atoms with Crippen molar-refractivity contribution in [1.82, 2.24) is 0 Å². The quantitative estimate of drug-likeness (QED) is 0.172. The molecule has 0 atom stereocenters. The predicted molar refractivity (Wildman–Crippen MR) is 101 cm³/mol. The summed E-state index contributed by atoms with van der Waals surface area (Å²) in [6.45, 7) is 0. The molecule has 0 aliphatic rings.